The number of carbonyl (C=O) groups excluding carboxylic acids is 2. The van der Waals surface area contributed by atoms with Gasteiger partial charge in [0.2, 0.25) is 0 Å². The van der Waals surface area contributed by atoms with E-state index in [-0.39, 0.29) is 5.78 Å². The lowest BCUT2D eigenvalue weighted by molar-refractivity contribution is -0.148. The first-order valence-electron chi connectivity index (χ1n) is 12.2. The van der Waals surface area contributed by atoms with E-state index < -0.39 is 31.0 Å². The number of ether oxygens (including phenoxy) is 1. The van der Waals surface area contributed by atoms with Crippen LogP contribution in [0.4, 0.5) is 25.1 Å². The van der Waals surface area contributed by atoms with Crippen LogP contribution in [0.25, 0.3) is 17.5 Å². The van der Waals surface area contributed by atoms with Gasteiger partial charge in [-0.1, -0.05) is 24.3 Å². The van der Waals surface area contributed by atoms with E-state index in [1.165, 1.54) is 0 Å². The van der Waals surface area contributed by atoms with Crippen LogP contribution in [-0.4, -0.2) is 45.3 Å². The Kier molecular flexibility index (Phi) is 5.70. The van der Waals surface area contributed by atoms with Gasteiger partial charge in [0.25, 0.3) is 5.92 Å². The second kappa shape index (κ2) is 9.06. The summed E-state index contributed by atoms with van der Waals surface area (Å²) in [4.78, 5) is 35.1. The van der Waals surface area contributed by atoms with E-state index in [0.717, 1.165) is 33.5 Å². The van der Waals surface area contributed by atoms with Gasteiger partial charge in [0.05, 0.1) is 0 Å². The Hall–Kier alpha value is -4.14. The van der Waals surface area contributed by atoms with E-state index in [4.69, 9.17) is 4.74 Å². The molecule has 0 spiro atoms. The van der Waals surface area contributed by atoms with E-state index in [1.54, 1.807) is 17.2 Å². The van der Waals surface area contributed by atoms with E-state index >= 15 is 0 Å². The highest BCUT2D eigenvalue weighted by Gasteiger charge is 2.48. The molecule has 1 aromatic heterocycles. The number of halogens is 2. The van der Waals surface area contributed by atoms with Crippen molar-refractivity contribution in [2.24, 2.45) is 0 Å². The van der Waals surface area contributed by atoms with Gasteiger partial charge in [-0.3, -0.25) is 4.79 Å². The number of alkyl halides is 2. The highest BCUT2D eigenvalue weighted by Crippen LogP contribution is 2.39. The van der Waals surface area contributed by atoms with Gasteiger partial charge in [0.15, 0.2) is 11.6 Å². The van der Waals surface area contributed by atoms with Gasteiger partial charge in [-0.05, 0) is 53.4 Å². The first-order chi connectivity index (χ1) is 17.8. The first kappa shape index (κ1) is 23.3. The van der Waals surface area contributed by atoms with Gasteiger partial charge < -0.3 is 15.0 Å². The zero-order valence-electron chi connectivity index (χ0n) is 19.9. The molecule has 7 nitrogen and oxygen atoms in total. The summed E-state index contributed by atoms with van der Waals surface area (Å²) in [6, 6.07) is 13.3. The summed E-state index contributed by atoms with van der Waals surface area (Å²) in [6.45, 7) is 0.825. The fourth-order valence-electron chi connectivity index (χ4n) is 4.91. The molecule has 2 aliphatic carbocycles. The number of amides is 1. The molecule has 2 aromatic carbocycles. The highest BCUT2D eigenvalue weighted by molar-refractivity contribution is 6.03. The summed E-state index contributed by atoms with van der Waals surface area (Å²) in [5.41, 5.74) is 5.36. The van der Waals surface area contributed by atoms with Crippen LogP contribution in [0.15, 0.2) is 54.7 Å². The zero-order valence-corrected chi connectivity index (χ0v) is 19.9. The number of Topliss-reactive ketones (excluding diaryl/α,β-unsaturated/α-hetero) is 1. The maximum Gasteiger partial charge on any atom is 0.410 e. The fraction of sp³-hybridized carbons (Fsp3) is 0.286. The lowest BCUT2D eigenvalue weighted by atomic mass is 9.91. The molecule has 3 aromatic rings. The number of benzene rings is 2. The summed E-state index contributed by atoms with van der Waals surface area (Å²) >= 11 is 0. The molecule has 1 amide bonds. The highest BCUT2D eigenvalue weighted by atomic mass is 19.3. The lowest BCUT2D eigenvalue weighted by Gasteiger charge is -2.36. The summed E-state index contributed by atoms with van der Waals surface area (Å²) in [5.74, 6) is -1.41. The standard InChI is InChI=1S/C28H24F2N4O3/c29-28(30)14-22(15-28)37-27(36)34-11-9-17-12-19(4-5-20(17)16-34)26-31-10-8-25(33-26)32-21-6-7-23-18(13-21)2-1-3-24(23)35/h1-2,4-8,10,12-13,22H,3,9,11,14-16H2,(H,31,32,33). The first-order valence-corrected chi connectivity index (χ1v) is 12.2. The van der Waals surface area contributed by atoms with Crippen LogP contribution < -0.4 is 5.32 Å². The van der Waals surface area contributed by atoms with Gasteiger partial charge >= 0.3 is 6.09 Å². The third-order valence-electron chi connectivity index (χ3n) is 6.94. The number of rotatable bonds is 4. The normalized spacial score (nSPS) is 18.0. The second-order valence-corrected chi connectivity index (χ2v) is 9.65. The Morgan fingerprint density at radius 1 is 1.11 bits per heavy atom. The van der Waals surface area contributed by atoms with Crippen molar-refractivity contribution in [3.05, 3.63) is 77.0 Å². The molecule has 0 unspecified atom stereocenters. The number of allylic oxidation sites excluding steroid dienone is 1. The van der Waals surface area contributed by atoms with Crippen molar-refractivity contribution >= 4 is 29.5 Å². The second-order valence-electron chi connectivity index (χ2n) is 9.65. The largest absolute Gasteiger partial charge is 0.446 e. The predicted molar refractivity (Wildman–Crippen MR) is 134 cm³/mol. The number of hydrogen-bond donors (Lipinski definition) is 1. The monoisotopic (exact) mass is 502 g/mol. The van der Waals surface area contributed by atoms with Crippen molar-refractivity contribution in [3.8, 4) is 11.4 Å². The molecule has 1 aliphatic heterocycles. The molecule has 188 valence electrons. The number of aromatic nitrogens is 2. The Bertz CT molecular complexity index is 1430. The molecule has 6 rings (SSSR count). The molecule has 0 saturated heterocycles. The van der Waals surface area contributed by atoms with Crippen molar-refractivity contribution in [1.82, 2.24) is 14.9 Å². The maximum absolute atomic E-state index is 13.0. The van der Waals surface area contributed by atoms with Gasteiger partial charge in [0, 0.05) is 55.4 Å². The van der Waals surface area contributed by atoms with Gasteiger partial charge in [-0.25, -0.2) is 23.5 Å². The molecule has 9 heteroatoms. The molecule has 1 N–H and O–H groups in total. The Labute approximate surface area is 212 Å². The molecule has 2 heterocycles. The Balaban J connectivity index is 1.14. The maximum atomic E-state index is 13.0. The van der Waals surface area contributed by atoms with E-state index in [9.17, 15) is 18.4 Å². The Morgan fingerprint density at radius 3 is 2.81 bits per heavy atom. The molecule has 3 aliphatic rings. The molecular weight excluding hydrogens is 478 g/mol. The van der Waals surface area contributed by atoms with Gasteiger partial charge in [-0.2, -0.15) is 0 Å². The minimum Gasteiger partial charge on any atom is -0.446 e. The molecule has 0 bridgehead atoms. The van der Waals surface area contributed by atoms with E-state index in [0.29, 0.717) is 37.6 Å². The SMILES string of the molecule is O=C1CC=Cc2cc(Nc3ccnc(-c4ccc5c(c4)CCN(C(=O)OC4CC(F)(F)C4)C5)n3)ccc21. The lowest BCUT2D eigenvalue weighted by Crippen LogP contribution is -2.46. The van der Waals surface area contributed by atoms with Crippen LogP contribution >= 0.6 is 0 Å². The number of carbonyl (C=O) groups is 2. The smallest absolute Gasteiger partial charge is 0.410 e. The summed E-state index contributed by atoms with van der Waals surface area (Å²) in [5, 5.41) is 3.29. The van der Waals surface area contributed by atoms with Crippen LogP contribution in [0.1, 0.15) is 46.3 Å². The molecule has 0 radical (unpaired) electrons. The number of anilines is 2. The number of nitrogens with one attached hydrogen (secondary N) is 1. The Morgan fingerprint density at radius 2 is 1.97 bits per heavy atom. The number of nitrogens with zero attached hydrogens (tertiary/aromatic N) is 3. The quantitative estimate of drug-likeness (QED) is 0.487. The predicted octanol–water partition coefficient (Wildman–Crippen LogP) is 5.78. The van der Waals surface area contributed by atoms with E-state index in [1.807, 2.05) is 48.6 Å². The van der Waals surface area contributed by atoms with Crippen LogP contribution in [0.2, 0.25) is 0 Å². The summed E-state index contributed by atoms with van der Waals surface area (Å²) < 4.78 is 31.3. The summed E-state index contributed by atoms with van der Waals surface area (Å²) in [7, 11) is 0. The van der Waals surface area contributed by atoms with Crippen LogP contribution in [0.5, 0.6) is 0 Å². The van der Waals surface area contributed by atoms with Gasteiger partial charge in [-0.15, -0.1) is 0 Å². The average Bonchev–Trinajstić information content (AvgIpc) is 2.87. The number of ketones is 1. The number of fused-ring (bicyclic) bond motifs is 2. The molecule has 0 atom stereocenters. The van der Waals surface area contributed by atoms with Crippen molar-refractivity contribution in [2.75, 3.05) is 11.9 Å². The van der Waals surface area contributed by atoms with Crippen molar-refractivity contribution < 1.29 is 23.1 Å². The molecule has 1 fully saturated rings. The molecule has 1 saturated carbocycles. The van der Waals surface area contributed by atoms with Crippen molar-refractivity contribution in [1.29, 1.82) is 0 Å². The zero-order chi connectivity index (χ0) is 25.6. The molecular formula is C28H24F2N4O3. The third kappa shape index (κ3) is 4.81. The number of hydrogen-bond acceptors (Lipinski definition) is 6. The van der Waals surface area contributed by atoms with Crippen molar-refractivity contribution in [2.45, 2.75) is 44.3 Å². The topological polar surface area (TPSA) is 84.4 Å². The minimum atomic E-state index is -2.72. The molecule has 37 heavy (non-hydrogen) atoms. The fourth-order valence-corrected chi connectivity index (χ4v) is 4.91. The average molecular weight is 503 g/mol. The minimum absolute atomic E-state index is 0.115. The van der Waals surface area contributed by atoms with E-state index in [2.05, 4.69) is 15.3 Å². The van der Waals surface area contributed by atoms with Crippen LogP contribution in [0, 0.1) is 0 Å². The summed E-state index contributed by atoms with van der Waals surface area (Å²) in [6.07, 6.45) is 4.51. The van der Waals surface area contributed by atoms with Gasteiger partial charge in [0.1, 0.15) is 11.9 Å². The third-order valence-corrected chi connectivity index (χ3v) is 6.94. The van der Waals surface area contributed by atoms with Crippen LogP contribution in [-0.2, 0) is 17.7 Å². The van der Waals surface area contributed by atoms with Crippen molar-refractivity contribution in [3.63, 3.8) is 0 Å². The van der Waals surface area contributed by atoms with Crippen LogP contribution in [0.3, 0.4) is 0 Å².